The summed E-state index contributed by atoms with van der Waals surface area (Å²) in [5, 5.41) is 8.80. The topological polar surface area (TPSA) is 46.5 Å². The van der Waals surface area contributed by atoms with E-state index in [1.54, 1.807) is 0 Å². The van der Waals surface area contributed by atoms with Crippen molar-refractivity contribution in [2.45, 2.75) is 19.3 Å². The maximum absolute atomic E-state index is 10.7. The van der Waals surface area contributed by atoms with Crippen molar-refractivity contribution in [1.82, 2.24) is 0 Å². The monoisotopic (exact) mass is 206 g/mol. The summed E-state index contributed by atoms with van der Waals surface area (Å²) in [6.07, 6.45) is 0.767. The molecule has 1 aromatic rings. The highest BCUT2D eigenvalue weighted by molar-refractivity contribution is 5.75. The summed E-state index contributed by atoms with van der Waals surface area (Å²) in [5.41, 5.74) is 1.10. The van der Waals surface area contributed by atoms with Gasteiger partial charge >= 0.3 is 5.97 Å². The molecule has 1 saturated carbocycles. The predicted molar refractivity (Wildman–Crippen MR) is 56.1 cm³/mol. The second-order valence-corrected chi connectivity index (χ2v) is 3.79. The lowest BCUT2D eigenvalue weighted by atomic mass is 10.1. The van der Waals surface area contributed by atoms with E-state index in [-0.39, 0.29) is 11.8 Å². The van der Waals surface area contributed by atoms with Gasteiger partial charge in [0.15, 0.2) is 0 Å². The van der Waals surface area contributed by atoms with E-state index in [0.717, 1.165) is 17.7 Å². The summed E-state index contributed by atoms with van der Waals surface area (Å²) in [6.45, 7) is 2.59. The van der Waals surface area contributed by atoms with Crippen LogP contribution < -0.4 is 4.74 Å². The lowest BCUT2D eigenvalue weighted by Crippen LogP contribution is -1.99. The summed E-state index contributed by atoms with van der Waals surface area (Å²) in [7, 11) is 0. The molecule has 3 heteroatoms. The Bertz CT molecular complexity index is 356. The van der Waals surface area contributed by atoms with Gasteiger partial charge in [0.2, 0.25) is 0 Å². The fraction of sp³-hybridized carbons (Fsp3) is 0.417. The Labute approximate surface area is 88.7 Å². The minimum absolute atomic E-state index is 0.178. The molecule has 0 aliphatic heterocycles. The molecule has 0 saturated heterocycles. The molecular weight excluding hydrogens is 192 g/mol. The minimum atomic E-state index is -0.686. The van der Waals surface area contributed by atoms with Crippen LogP contribution in [0.4, 0.5) is 0 Å². The van der Waals surface area contributed by atoms with Crippen LogP contribution in [0.25, 0.3) is 0 Å². The van der Waals surface area contributed by atoms with Crippen LogP contribution in [0.5, 0.6) is 5.75 Å². The Morgan fingerprint density at radius 3 is 2.60 bits per heavy atom. The number of benzene rings is 1. The van der Waals surface area contributed by atoms with Crippen molar-refractivity contribution in [3.63, 3.8) is 0 Å². The zero-order valence-electron chi connectivity index (χ0n) is 8.64. The maximum atomic E-state index is 10.7. The highest BCUT2D eigenvalue weighted by Gasteiger charge is 2.43. The van der Waals surface area contributed by atoms with Crippen molar-refractivity contribution < 1.29 is 14.6 Å². The van der Waals surface area contributed by atoms with Crippen LogP contribution in [0.3, 0.4) is 0 Å². The molecular formula is C12H14O3. The molecule has 0 radical (unpaired) electrons. The van der Waals surface area contributed by atoms with Crippen molar-refractivity contribution in [2.75, 3.05) is 6.61 Å². The maximum Gasteiger partial charge on any atom is 0.307 e. The Morgan fingerprint density at radius 2 is 2.13 bits per heavy atom. The largest absolute Gasteiger partial charge is 0.494 e. The first-order valence-corrected chi connectivity index (χ1v) is 5.18. The third-order valence-corrected chi connectivity index (χ3v) is 2.73. The molecule has 0 spiro atoms. The molecule has 1 aliphatic carbocycles. The first kappa shape index (κ1) is 10.0. The Balaban J connectivity index is 2.03. The highest BCUT2D eigenvalue weighted by Crippen LogP contribution is 2.47. The van der Waals surface area contributed by atoms with Crippen LogP contribution >= 0.6 is 0 Å². The average Bonchev–Trinajstić information content (AvgIpc) is 2.99. The molecule has 80 valence electrons. The Kier molecular flexibility index (Phi) is 2.62. The molecule has 1 aromatic carbocycles. The average molecular weight is 206 g/mol. The predicted octanol–water partition coefficient (Wildman–Crippen LogP) is 2.27. The Hall–Kier alpha value is -1.51. The van der Waals surface area contributed by atoms with Crippen molar-refractivity contribution in [3.8, 4) is 5.75 Å². The van der Waals surface area contributed by atoms with Crippen LogP contribution in [0.1, 0.15) is 24.8 Å². The number of ether oxygens (including phenoxy) is 1. The molecule has 1 fully saturated rings. The van der Waals surface area contributed by atoms with Gasteiger partial charge in [-0.25, -0.2) is 0 Å². The summed E-state index contributed by atoms with van der Waals surface area (Å²) < 4.78 is 5.32. The van der Waals surface area contributed by atoms with Crippen molar-refractivity contribution >= 4 is 5.97 Å². The van der Waals surface area contributed by atoms with Gasteiger partial charge < -0.3 is 9.84 Å². The van der Waals surface area contributed by atoms with E-state index in [9.17, 15) is 4.79 Å². The van der Waals surface area contributed by atoms with Crippen LogP contribution in [0.15, 0.2) is 24.3 Å². The minimum Gasteiger partial charge on any atom is -0.494 e. The SMILES string of the molecule is CCOc1ccc(C2C[C@@H]2C(=O)O)cc1. The summed E-state index contributed by atoms with van der Waals surface area (Å²) in [4.78, 5) is 10.7. The lowest BCUT2D eigenvalue weighted by Gasteiger charge is -2.03. The van der Waals surface area contributed by atoms with E-state index in [1.165, 1.54) is 0 Å². The van der Waals surface area contributed by atoms with Crippen molar-refractivity contribution in [1.29, 1.82) is 0 Å². The van der Waals surface area contributed by atoms with Gasteiger partial charge in [-0.3, -0.25) is 4.79 Å². The van der Waals surface area contributed by atoms with Crippen LogP contribution in [0, 0.1) is 5.92 Å². The fourth-order valence-electron chi connectivity index (χ4n) is 1.81. The van der Waals surface area contributed by atoms with E-state index in [0.29, 0.717) is 6.61 Å². The first-order valence-electron chi connectivity index (χ1n) is 5.18. The molecule has 0 bridgehead atoms. The van der Waals surface area contributed by atoms with Gasteiger partial charge in [0, 0.05) is 0 Å². The number of aliphatic carboxylic acids is 1. The molecule has 2 rings (SSSR count). The molecule has 2 atom stereocenters. The molecule has 3 nitrogen and oxygen atoms in total. The number of hydrogen-bond acceptors (Lipinski definition) is 2. The molecule has 0 aromatic heterocycles. The molecule has 0 heterocycles. The van der Waals surface area contributed by atoms with E-state index in [4.69, 9.17) is 9.84 Å². The standard InChI is InChI=1S/C12H14O3/c1-2-15-9-5-3-8(4-6-9)10-7-11(10)12(13)14/h3-6,10-11H,2,7H2,1H3,(H,13,14)/t10?,11-/m0/s1. The number of rotatable bonds is 4. The van der Waals surface area contributed by atoms with Crippen molar-refractivity contribution in [2.24, 2.45) is 5.92 Å². The molecule has 1 aliphatic rings. The first-order chi connectivity index (χ1) is 7.22. The molecule has 1 unspecified atom stereocenters. The summed E-state index contributed by atoms with van der Waals surface area (Å²) in [5.74, 6) is 0.184. The van der Waals surface area contributed by atoms with E-state index < -0.39 is 5.97 Å². The van der Waals surface area contributed by atoms with E-state index in [2.05, 4.69) is 0 Å². The summed E-state index contributed by atoms with van der Waals surface area (Å²) in [6, 6.07) is 7.71. The zero-order chi connectivity index (χ0) is 10.8. The number of hydrogen-bond donors (Lipinski definition) is 1. The third kappa shape index (κ3) is 2.12. The molecule has 1 N–H and O–H groups in total. The zero-order valence-corrected chi connectivity index (χ0v) is 8.64. The van der Waals surface area contributed by atoms with Crippen LogP contribution in [0.2, 0.25) is 0 Å². The number of carboxylic acids is 1. The van der Waals surface area contributed by atoms with Gasteiger partial charge in [-0.2, -0.15) is 0 Å². The van der Waals surface area contributed by atoms with Gasteiger partial charge in [0.05, 0.1) is 12.5 Å². The van der Waals surface area contributed by atoms with Crippen molar-refractivity contribution in [3.05, 3.63) is 29.8 Å². The van der Waals surface area contributed by atoms with Gasteiger partial charge in [0.1, 0.15) is 5.75 Å². The van der Waals surface area contributed by atoms with E-state index in [1.807, 2.05) is 31.2 Å². The van der Waals surface area contributed by atoms with Crippen LogP contribution in [-0.2, 0) is 4.79 Å². The number of carboxylic acid groups (broad SMARTS) is 1. The fourth-order valence-corrected chi connectivity index (χ4v) is 1.81. The Morgan fingerprint density at radius 1 is 1.47 bits per heavy atom. The molecule has 0 amide bonds. The molecule has 15 heavy (non-hydrogen) atoms. The smallest absolute Gasteiger partial charge is 0.307 e. The second kappa shape index (κ2) is 3.93. The van der Waals surface area contributed by atoms with Gasteiger partial charge in [-0.1, -0.05) is 12.1 Å². The summed E-state index contributed by atoms with van der Waals surface area (Å²) >= 11 is 0. The second-order valence-electron chi connectivity index (χ2n) is 3.79. The van der Waals surface area contributed by atoms with Crippen LogP contribution in [-0.4, -0.2) is 17.7 Å². The lowest BCUT2D eigenvalue weighted by molar-refractivity contribution is -0.138. The van der Waals surface area contributed by atoms with Gasteiger partial charge in [-0.05, 0) is 37.0 Å². The van der Waals surface area contributed by atoms with E-state index >= 15 is 0 Å². The van der Waals surface area contributed by atoms with Gasteiger partial charge in [-0.15, -0.1) is 0 Å². The number of carbonyl (C=O) groups is 1. The quantitative estimate of drug-likeness (QED) is 0.822. The van der Waals surface area contributed by atoms with Gasteiger partial charge in [0.25, 0.3) is 0 Å². The highest BCUT2D eigenvalue weighted by atomic mass is 16.5. The third-order valence-electron chi connectivity index (χ3n) is 2.73. The normalized spacial score (nSPS) is 23.5.